The molecule has 5 heteroatoms. The molecular formula is C19H22N2O3. The van der Waals surface area contributed by atoms with Gasteiger partial charge in [-0.1, -0.05) is 12.1 Å². The lowest BCUT2D eigenvalue weighted by molar-refractivity contribution is -0.118. The van der Waals surface area contributed by atoms with E-state index in [0.717, 1.165) is 41.9 Å². The maximum atomic E-state index is 12.8. The number of fused-ring (bicyclic) bond motifs is 1. The fraction of sp³-hybridized carbons (Fsp3) is 0.316. The zero-order valence-electron chi connectivity index (χ0n) is 14.0. The summed E-state index contributed by atoms with van der Waals surface area (Å²) in [6, 6.07) is 11.3. The molecule has 5 nitrogen and oxygen atoms in total. The van der Waals surface area contributed by atoms with Gasteiger partial charge < -0.3 is 20.1 Å². The number of amides is 1. The van der Waals surface area contributed by atoms with Crippen molar-refractivity contribution in [3.63, 3.8) is 0 Å². The maximum absolute atomic E-state index is 12.8. The zero-order chi connectivity index (χ0) is 17.1. The second kappa shape index (κ2) is 6.83. The van der Waals surface area contributed by atoms with E-state index >= 15 is 0 Å². The summed E-state index contributed by atoms with van der Waals surface area (Å²) in [5, 5.41) is 0. The van der Waals surface area contributed by atoms with Crippen molar-refractivity contribution in [3.05, 3.63) is 47.5 Å². The molecule has 0 fully saturated rings. The molecule has 0 radical (unpaired) electrons. The van der Waals surface area contributed by atoms with Gasteiger partial charge in [-0.15, -0.1) is 0 Å². The fourth-order valence-corrected chi connectivity index (χ4v) is 3.17. The highest BCUT2D eigenvalue weighted by Crippen LogP contribution is 2.32. The van der Waals surface area contributed by atoms with Crippen LogP contribution in [0.4, 0.5) is 11.4 Å². The van der Waals surface area contributed by atoms with Gasteiger partial charge in [0.2, 0.25) is 5.91 Å². The number of benzene rings is 2. The molecule has 1 aliphatic rings. The number of carbonyl (C=O) groups excluding carboxylic acids is 1. The van der Waals surface area contributed by atoms with Crippen LogP contribution in [-0.4, -0.2) is 26.7 Å². The van der Waals surface area contributed by atoms with Crippen LogP contribution in [0.5, 0.6) is 11.5 Å². The Morgan fingerprint density at radius 1 is 1.17 bits per heavy atom. The molecule has 0 saturated carbocycles. The van der Waals surface area contributed by atoms with Gasteiger partial charge in [-0.05, 0) is 48.2 Å². The molecule has 0 atom stereocenters. The van der Waals surface area contributed by atoms with E-state index in [4.69, 9.17) is 15.2 Å². The van der Waals surface area contributed by atoms with Gasteiger partial charge in [0.25, 0.3) is 0 Å². The first-order valence-electron chi connectivity index (χ1n) is 8.02. The normalized spacial score (nSPS) is 13.3. The Balaban J connectivity index is 1.83. The van der Waals surface area contributed by atoms with E-state index in [1.54, 1.807) is 14.2 Å². The summed E-state index contributed by atoms with van der Waals surface area (Å²) in [5.74, 6) is 1.35. The van der Waals surface area contributed by atoms with Crippen molar-refractivity contribution >= 4 is 17.3 Å². The van der Waals surface area contributed by atoms with Crippen LogP contribution in [0.2, 0.25) is 0 Å². The molecule has 2 N–H and O–H groups in total. The highest BCUT2D eigenvalue weighted by molar-refractivity contribution is 5.96. The van der Waals surface area contributed by atoms with Crippen molar-refractivity contribution in [2.75, 3.05) is 31.4 Å². The van der Waals surface area contributed by atoms with Crippen molar-refractivity contribution in [2.45, 2.75) is 19.3 Å². The molecule has 0 bridgehead atoms. The van der Waals surface area contributed by atoms with Gasteiger partial charge in [0.05, 0.1) is 20.6 Å². The fourth-order valence-electron chi connectivity index (χ4n) is 3.17. The van der Waals surface area contributed by atoms with E-state index < -0.39 is 0 Å². The van der Waals surface area contributed by atoms with Gasteiger partial charge in [0.15, 0.2) is 11.5 Å². The number of nitrogens with zero attached hydrogens (tertiary/aromatic N) is 1. The summed E-state index contributed by atoms with van der Waals surface area (Å²) < 4.78 is 10.5. The number of carbonyl (C=O) groups is 1. The SMILES string of the molecule is COc1ccc(CC(=O)N2CCCc3c(N)cccc32)cc1OC. The lowest BCUT2D eigenvalue weighted by Gasteiger charge is -2.30. The second-order valence-electron chi connectivity index (χ2n) is 5.86. The van der Waals surface area contributed by atoms with Crippen LogP contribution in [0.1, 0.15) is 17.5 Å². The molecule has 2 aromatic carbocycles. The maximum Gasteiger partial charge on any atom is 0.231 e. The Morgan fingerprint density at radius 2 is 1.96 bits per heavy atom. The predicted molar refractivity (Wildman–Crippen MR) is 94.8 cm³/mol. The Bertz CT molecular complexity index is 758. The molecule has 24 heavy (non-hydrogen) atoms. The minimum atomic E-state index is 0.0637. The summed E-state index contributed by atoms with van der Waals surface area (Å²) >= 11 is 0. The van der Waals surface area contributed by atoms with Crippen LogP contribution in [0, 0.1) is 0 Å². The number of ether oxygens (including phenoxy) is 2. The quantitative estimate of drug-likeness (QED) is 0.878. The third-order valence-electron chi connectivity index (χ3n) is 4.39. The Hall–Kier alpha value is -2.69. The van der Waals surface area contributed by atoms with Crippen LogP contribution < -0.4 is 20.1 Å². The van der Waals surface area contributed by atoms with Crippen molar-refractivity contribution in [1.82, 2.24) is 0 Å². The second-order valence-corrected chi connectivity index (χ2v) is 5.86. The Morgan fingerprint density at radius 3 is 2.71 bits per heavy atom. The molecule has 0 unspecified atom stereocenters. The van der Waals surface area contributed by atoms with Crippen molar-refractivity contribution in [2.24, 2.45) is 0 Å². The molecule has 1 aliphatic heterocycles. The first-order valence-corrected chi connectivity index (χ1v) is 8.02. The number of hydrogen-bond donors (Lipinski definition) is 1. The molecule has 0 aromatic heterocycles. The van der Waals surface area contributed by atoms with Crippen LogP contribution in [0.3, 0.4) is 0 Å². The van der Waals surface area contributed by atoms with Crippen molar-refractivity contribution in [1.29, 1.82) is 0 Å². The molecule has 3 rings (SSSR count). The monoisotopic (exact) mass is 326 g/mol. The van der Waals surface area contributed by atoms with Crippen molar-refractivity contribution in [3.8, 4) is 11.5 Å². The highest BCUT2D eigenvalue weighted by atomic mass is 16.5. The first kappa shape index (κ1) is 16.2. The standard InChI is InChI=1S/C19H22N2O3/c1-23-17-9-8-13(11-18(17)24-2)12-19(22)21-10-4-5-14-15(20)6-3-7-16(14)21/h3,6-9,11H,4-5,10,12,20H2,1-2H3. The molecule has 1 heterocycles. The van der Waals surface area contributed by atoms with E-state index in [0.29, 0.717) is 17.9 Å². The first-order chi connectivity index (χ1) is 11.6. The molecular weight excluding hydrogens is 304 g/mol. The lowest BCUT2D eigenvalue weighted by atomic mass is 9.99. The number of nitrogens with two attached hydrogens (primary N) is 1. The van der Waals surface area contributed by atoms with E-state index in [2.05, 4.69) is 0 Å². The van der Waals surface area contributed by atoms with Gasteiger partial charge >= 0.3 is 0 Å². The number of rotatable bonds is 4. The summed E-state index contributed by atoms with van der Waals surface area (Å²) in [4.78, 5) is 14.6. The molecule has 0 saturated heterocycles. The van der Waals surface area contributed by atoms with Gasteiger partial charge in [-0.25, -0.2) is 0 Å². The summed E-state index contributed by atoms with van der Waals surface area (Å²) in [7, 11) is 3.19. The molecule has 126 valence electrons. The van der Waals surface area contributed by atoms with E-state index in [1.165, 1.54) is 0 Å². The molecule has 0 aliphatic carbocycles. The Kier molecular flexibility index (Phi) is 4.60. The molecule has 0 spiro atoms. The van der Waals surface area contributed by atoms with Crippen molar-refractivity contribution < 1.29 is 14.3 Å². The van der Waals surface area contributed by atoms with Crippen LogP contribution in [0.15, 0.2) is 36.4 Å². The number of anilines is 2. The zero-order valence-corrected chi connectivity index (χ0v) is 14.0. The third-order valence-corrected chi connectivity index (χ3v) is 4.39. The van der Waals surface area contributed by atoms with E-state index in [-0.39, 0.29) is 5.91 Å². The van der Waals surface area contributed by atoms with Gasteiger partial charge in [-0.3, -0.25) is 4.79 Å². The highest BCUT2D eigenvalue weighted by Gasteiger charge is 2.24. The number of hydrogen-bond acceptors (Lipinski definition) is 4. The average molecular weight is 326 g/mol. The summed E-state index contributed by atoms with van der Waals surface area (Å²) in [6.07, 6.45) is 2.16. The lowest BCUT2D eigenvalue weighted by Crippen LogP contribution is -2.36. The van der Waals surface area contributed by atoms with Gasteiger partial charge in [0, 0.05) is 17.9 Å². The van der Waals surface area contributed by atoms with Crippen LogP contribution in [0.25, 0.3) is 0 Å². The average Bonchev–Trinajstić information content (AvgIpc) is 2.61. The van der Waals surface area contributed by atoms with E-state index in [9.17, 15) is 4.79 Å². The number of methoxy groups -OCH3 is 2. The van der Waals surface area contributed by atoms with Gasteiger partial charge in [-0.2, -0.15) is 0 Å². The minimum Gasteiger partial charge on any atom is -0.493 e. The van der Waals surface area contributed by atoms with E-state index in [1.807, 2.05) is 41.3 Å². The molecule has 2 aromatic rings. The Labute approximate surface area is 142 Å². The topological polar surface area (TPSA) is 64.8 Å². The summed E-state index contributed by atoms with van der Waals surface area (Å²) in [5.41, 5.74) is 9.73. The number of nitrogen functional groups attached to an aromatic ring is 1. The third kappa shape index (κ3) is 3.02. The molecule has 1 amide bonds. The summed E-state index contributed by atoms with van der Waals surface area (Å²) in [6.45, 7) is 0.725. The minimum absolute atomic E-state index is 0.0637. The van der Waals surface area contributed by atoms with Gasteiger partial charge in [0.1, 0.15) is 0 Å². The smallest absolute Gasteiger partial charge is 0.231 e. The predicted octanol–water partition coefficient (Wildman–Crippen LogP) is 2.81. The largest absolute Gasteiger partial charge is 0.493 e. The van der Waals surface area contributed by atoms with Crippen LogP contribution >= 0.6 is 0 Å². The van der Waals surface area contributed by atoms with Crippen LogP contribution in [-0.2, 0) is 17.6 Å².